The van der Waals surface area contributed by atoms with Gasteiger partial charge in [0.25, 0.3) is 0 Å². The molecule has 0 fully saturated rings. The molecule has 1 aromatic heterocycles. The Bertz CT molecular complexity index is 683. The molecule has 3 rings (SSSR count). The maximum Gasteiger partial charge on any atom is 0.0658 e. The van der Waals surface area contributed by atoms with Crippen LogP contribution in [0.1, 0.15) is 34.1 Å². The van der Waals surface area contributed by atoms with E-state index >= 15 is 0 Å². The van der Waals surface area contributed by atoms with Gasteiger partial charge in [-0.25, -0.2) is 0 Å². The zero-order valence-corrected chi connectivity index (χ0v) is 15.7. The second-order valence-corrected chi connectivity index (χ2v) is 7.47. The van der Waals surface area contributed by atoms with E-state index in [1.165, 1.54) is 34.6 Å². The maximum atomic E-state index is 5.18. The third kappa shape index (κ3) is 3.85. The number of rotatable bonds is 6. The van der Waals surface area contributed by atoms with Gasteiger partial charge in [0.2, 0.25) is 0 Å². The third-order valence-electron chi connectivity index (χ3n) is 4.79. The first-order valence-corrected chi connectivity index (χ1v) is 9.77. The van der Waals surface area contributed by atoms with E-state index in [9.17, 15) is 0 Å². The van der Waals surface area contributed by atoms with Crippen LogP contribution in [0.4, 0.5) is 0 Å². The normalized spacial score (nSPS) is 17.5. The minimum absolute atomic E-state index is 0.412. The molecule has 0 saturated carbocycles. The first-order chi connectivity index (χ1) is 11.7. The highest BCUT2D eigenvalue weighted by Crippen LogP contribution is 2.28. The molecule has 0 aliphatic carbocycles. The molecule has 4 nitrogen and oxygen atoms in total. The van der Waals surface area contributed by atoms with Crippen LogP contribution in [-0.2, 0) is 24.2 Å². The predicted molar refractivity (Wildman–Crippen MR) is 101 cm³/mol. The van der Waals surface area contributed by atoms with Gasteiger partial charge in [-0.3, -0.25) is 4.68 Å². The number of aryl methyl sites for hydroxylation is 2. The largest absolute Gasteiger partial charge is 0.383 e. The number of hydrogen-bond donors (Lipinski definition) is 1. The number of ether oxygens (including phenoxy) is 1. The monoisotopic (exact) mass is 345 g/mol. The molecule has 1 aromatic carbocycles. The summed E-state index contributed by atoms with van der Waals surface area (Å²) in [5.41, 5.74) is 6.63. The zero-order valence-electron chi connectivity index (χ0n) is 14.8. The van der Waals surface area contributed by atoms with Crippen molar-refractivity contribution in [3.63, 3.8) is 0 Å². The summed E-state index contributed by atoms with van der Waals surface area (Å²) in [6.45, 7) is 6.63. The highest BCUT2D eigenvalue weighted by atomic mass is 32.2. The highest BCUT2D eigenvalue weighted by molar-refractivity contribution is 7.99. The summed E-state index contributed by atoms with van der Waals surface area (Å²) in [6, 6.07) is 9.27. The molecule has 1 aliphatic rings. The number of thioether (sulfide) groups is 1. The average molecular weight is 346 g/mol. The second-order valence-electron chi connectivity index (χ2n) is 6.32. The fourth-order valence-corrected chi connectivity index (χ4v) is 4.42. The molecular weight excluding hydrogens is 318 g/mol. The molecule has 2 aromatic rings. The second kappa shape index (κ2) is 8.19. The van der Waals surface area contributed by atoms with E-state index in [0.717, 1.165) is 24.5 Å². The Hall–Kier alpha value is -1.30. The lowest BCUT2D eigenvalue weighted by molar-refractivity contribution is 0.182. The lowest BCUT2D eigenvalue weighted by Gasteiger charge is -2.19. The van der Waals surface area contributed by atoms with Gasteiger partial charge in [-0.15, -0.1) is 0 Å². The van der Waals surface area contributed by atoms with Gasteiger partial charge in [-0.05, 0) is 37.1 Å². The molecule has 24 heavy (non-hydrogen) atoms. The van der Waals surface area contributed by atoms with Crippen LogP contribution in [-0.4, -0.2) is 35.0 Å². The Balaban J connectivity index is 1.73. The summed E-state index contributed by atoms with van der Waals surface area (Å²) < 4.78 is 7.24. The summed E-state index contributed by atoms with van der Waals surface area (Å²) in [7, 11) is 1.73. The minimum Gasteiger partial charge on any atom is -0.383 e. The molecule has 5 heteroatoms. The molecular formula is C19H27N3OS. The molecule has 0 amide bonds. The molecule has 2 heterocycles. The number of benzene rings is 1. The van der Waals surface area contributed by atoms with Crippen LogP contribution in [0.2, 0.25) is 0 Å². The molecule has 1 unspecified atom stereocenters. The van der Waals surface area contributed by atoms with Gasteiger partial charge >= 0.3 is 0 Å². The van der Waals surface area contributed by atoms with E-state index < -0.39 is 0 Å². The van der Waals surface area contributed by atoms with Crippen molar-refractivity contribution < 1.29 is 4.74 Å². The topological polar surface area (TPSA) is 39.1 Å². The number of aromatic nitrogens is 2. The van der Waals surface area contributed by atoms with Crippen molar-refractivity contribution in [2.24, 2.45) is 0 Å². The fraction of sp³-hybridized carbons (Fsp3) is 0.526. The molecule has 0 bridgehead atoms. The minimum atomic E-state index is 0.412. The van der Waals surface area contributed by atoms with Crippen LogP contribution in [0.5, 0.6) is 0 Å². The van der Waals surface area contributed by atoms with E-state index in [0.29, 0.717) is 12.6 Å². The van der Waals surface area contributed by atoms with Crippen molar-refractivity contribution in [3.05, 3.63) is 52.3 Å². The van der Waals surface area contributed by atoms with Crippen LogP contribution in [0.25, 0.3) is 0 Å². The van der Waals surface area contributed by atoms with Crippen molar-refractivity contribution in [2.45, 2.75) is 39.4 Å². The fourth-order valence-electron chi connectivity index (χ4n) is 3.35. The van der Waals surface area contributed by atoms with Crippen molar-refractivity contribution in [1.82, 2.24) is 15.1 Å². The Morgan fingerprint density at radius 3 is 3.00 bits per heavy atom. The summed E-state index contributed by atoms with van der Waals surface area (Å²) in [5, 5.41) is 8.45. The highest BCUT2D eigenvalue weighted by Gasteiger charge is 2.19. The Morgan fingerprint density at radius 2 is 2.17 bits per heavy atom. The van der Waals surface area contributed by atoms with E-state index in [4.69, 9.17) is 4.74 Å². The Labute approximate surface area is 149 Å². The number of methoxy groups -OCH3 is 1. The number of nitrogens with zero attached hydrogens (tertiary/aromatic N) is 2. The van der Waals surface area contributed by atoms with Gasteiger partial charge in [0.1, 0.15) is 0 Å². The van der Waals surface area contributed by atoms with Gasteiger partial charge in [-0.2, -0.15) is 16.9 Å². The van der Waals surface area contributed by atoms with Gasteiger partial charge in [-0.1, -0.05) is 24.3 Å². The maximum absolute atomic E-state index is 5.18. The van der Waals surface area contributed by atoms with Gasteiger partial charge in [0.05, 0.1) is 18.8 Å². The quantitative estimate of drug-likeness (QED) is 0.872. The Kier molecular flexibility index (Phi) is 5.98. The van der Waals surface area contributed by atoms with Crippen LogP contribution < -0.4 is 5.32 Å². The standard InChI is InChI=1S/C19H27N3OS/c1-14-18(15(2)22(21-14)9-10-23-3)12-20-19-13-24-11-8-16-6-4-5-7-17(16)19/h4-7,19-20H,8-13H2,1-3H3. The molecule has 0 saturated heterocycles. The molecule has 0 spiro atoms. The lowest BCUT2D eigenvalue weighted by Crippen LogP contribution is -2.23. The average Bonchev–Trinajstić information content (AvgIpc) is 2.76. The third-order valence-corrected chi connectivity index (χ3v) is 5.86. The SMILES string of the molecule is COCCn1nc(C)c(CNC2CSCCc3ccccc32)c1C. The molecule has 1 atom stereocenters. The summed E-state index contributed by atoms with van der Waals surface area (Å²) >= 11 is 2.04. The molecule has 0 radical (unpaired) electrons. The van der Waals surface area contributed by atoms with Crippen LogP contribution in [0.3, 0.4) is 0 Å². The predicted octanol–water partition coefficient (Wildman–Crippen LogP) is 3.27. The number of fused-ring (bicyclic) bond motifs is 1. The summed E-state index contributed by atoms with van der Waals surface area (Å²) in [4.78, 5) is 0. The molecule has 1 N–H and O–H groups in total. The lowest BCUT2D eigenvalue weighted by atomic mass is 9.99. The Morgan fingerprint density at radius 1 is 1.33 bits per heavy atom. The van der Waals surface area contributed by atoms with E-state index in [1.54, 1.807) is 7.11 Å². The first kappa shape index (κ1) is 17.5. The van der Waals surface area contributed by atoms with Gasteiger partial charge < -0.3 is 10.1 Å². The van der Waals surface area contributed by atoms with Crippen LogP contribution in [0, 0.1) is 13.8 Å². The van der Waals surface area contributed by atoms with Crippen molar-refractivity contribution in [1.29, 1.82) is 0 Å². The summed E-state index contributed by atoms with van der Waals surface area (Å²) in [5.74, 6) is 2.34. The van der Waals surface area contributed by atoms with E-state index in [1.807, 2.05) is 11.8 Å². The number of hydrogen-bond acceptors (Lipinski definition) is 4. The van der Waals surface area contributed by atoms with Gasteiger partial charge in [0.15, 0.2) is 0 Å². The van der Waals surface area contributed by atoms with Gasteiger partial charge in [0, 0.05) is 36.7 Å². The van der Waals surface area contributed by atoms with Crippen LogP contribution >= 0.6 is 11.8 Å². The smallest absolute Gasteiger partial charge is 0.0658 e. The first-order valence-electron chi connectivity index (χ1n) is 8.61. The molecule has 130 valence electrons. The van der Waals surface area contributed by atoms with E-state index in [2.05, 4.69) is 53.2 Å². The van der Waals surface area contributed by atoms with Crippen molar-refractivity contribution in [3.8, 4) is 0 Å². The van der Waals surface area contributed by atoms with E-state index in [-0.39, 0.29) is 0 Å². The summed E-state index contributed by atoms with van der Waals surface area (Å²) in [6.07, 6.45) is 1.17. The zero-order chi connectivity index (χ0) is 16.9. The molecule has 1 aliphatic heterocycles. The van der Waals surface area contributed by atoms with Crippen molar-refractivity contribution in [2.75, 3.05) is 25.2 Å². The van der Waals surface area contributed by atoms with Crippen LogP contribution in [0.15, 0.2) is 24.3 Å². The number of nitrogens with one attached hydrogen (secondary N) is 1. The van der Waals surface area contributed by atoms with Crippen molar-refractivity contribution >= 4 is 11.8 Å².